The van der Waals surface area contributed by atoms with Gasteiger partial charge in [0.05, 0.1) is 43.8 Å². The number of hydrogen-bond acceptors (Lipinski definition) is 3. The van der Waals surface area contributed by atoms with Gasteiger partial charge in [0.15, 0.2) is 0 Å². The van der Waals surface area contributed by atoms with Crippen LogP contribution in [0.3, 0.4) is 0 Å². The van der Waals surface area contributed by atoms with Crippen molar-refractivity contribution in [3.8, 4) is 0 Å². The van der Waals surface area contributed by atoms with E-state index in [1.807, 2.05) is 0 Å². The zero-order valence-electron chi connectivity index (χ0n) is 32.9. The molecule has 0 aliphatic carbocycles. The van der Waals surface area contributed by atoms with E-state index in [1.165, 1.54) is 27.3 Å². The molecule has 0 saturated carbocycles. The predicted molar refractivity (Wildman–Crippen MR) is 220 cm³/mol. The Labute approximate surface area is 336 Å². The summed E-state index contributed by atoms with van der Waals surface area (Å²) in [5.41, 5.74) is 6.90. The Morgan fingerprint density at radius 2 is 0.800 bits per heavy atom. The SMILES string of the molecule is CC(C)c1cc(C(C)C)n(Cc2cccc(Cn3nc(C(C)C)cc3C(C)C)n2)n1.F[B-](F)(F)F.[Cu+].c1ccc([PH+](c2ccccc2)c2ccccc2)cc1. The topological polar surface area (TPSA) is 48.5 Å². The van der Waals surface area contributed by atoms with Crippen molar-refractivity contribution in [1.82, 2.24) is 24.5 Å². The molecule has 5 nitrogen and oxygen atoms in total. The van der Waals surface area contributed by atoms with Gasteiger partial charge in [0.25, 0.3) is 0 Å². The van der Waals surface area contributed by atoms with Crippen LogP contribution in [-0.4, -0.2) is 31.8 Å². The number of aromatic nitrogens is 5. The van der Waals surface area contributed by atoms with Gasteiger partial charge in [0.1, 0.15) is 15.9 Å². The van der Waals surface area contributed by atoms with Gasteiger partial charge >= 0.3 is 24.3 Å². The van der Waals surface area contributed by atoms with E-state index in [0.717, 1.165) is 22.8 Å². The normalized spacial score (nSPS) is 11.4. The summed E-state index contributed by atoms with van der Waals surface area (Å²) in [5, 5.41) is 14.0. The first-order valence-corrected chi connectivity index (χ1v) is 20.1. The summed E-state index contributed by atoms with van der Waals surface area (Å²) >= 11 is 0. The van der Waals surface area contributed by atoms with Crippen molar-refractivity contribution < 1.29 is 34.3 Å². The second-order valence-corrected chi connectivity index (χ2v) is 17.0. The molecule has 55 heavy (non-hydrogen) atoms. The van der Waals surface area contributed by atoms with Gasteiger partial charge in [0.2, 0.25) is 0 Å². The van der Waals surface area contributed by atoms with Gasteiger partial charge in [-0.1, -0.05) is 116 Å². The third-order valence-corrected chi connectivity index (χ3v) is 11.4. The molecule has 0 amide bonds. The molecule has 296 valence electrons. The number of benzene rings is 3. The van der Waals surface area contributed by atoms with Gasteiger partial charge in [-0.15, -0.1) is 0 Å². The first-order chi connectivity index (χ1) is 25.6. The molecule has 0 radical (unpaired) electrons. The van der Waals surface area contributed by atoms with Crippen molar-refractivity contribution in [3.63, 3.8) is 0 Å². The Kier molecular flexibility index (Phi) is 17.6. The largest absolute Gasteiger partial charge is 1.00 e. The maximum Gasteiger partial charge on any atom is 1.00 e. The monoisotopic (exact) mass is 820 g/mol. The van der Waals surface area contributed by atoms with Crippen molar-refractivity contribution in [2.24, 2.45) is 0 Å². The Morgan fingerprint density at radius 3 is 1.07 bits per heavy atom. The van der Waals surface area contributed by atoms with E-state index in [0.29, 0.717) is 36.8 Å². The first-order valence-electron chi connectivity index (χ1n) is 18.6. The van der Waals surface area contributed by atoms with E-state index < -0.39 is 15.2 Å². The molecule has 3 heterocycles. The van der Waals surface area contributed by atoms with Crippen molar-refractivity contribution in [2.75, 3.05) is 0 Å². The van der Waals surface area contributed by atoms with Gasteiger partial charge in [0, 0.05) is 11.4 Å². The Bertz CT molecular complexity index is 1830. The van der Waals surface area contributed by atoms with E-state index in [2.05, 4.69) is 186 Å². The molecule has 0 aliphatic heterocycles. The molecule has 0 fully saturated rings. The third-order valence-electron chi connectivity index (χ3n) is 8.70. The maximum absolute atomic E-state index is 9.75. The van der Waals surface area contributed by atoms with Gasteiger partial charge < -0.3 is 17.3 Å². The van der Waals surface area contributed by atoms with Crippen molar-refractivity contribution >= 4 is 31.1 Å². The van der Waals surface area contributed by atoms with Crippen LogP contribution in [0.15, 0.2) is 121 Å². The molecular weight excluding hydrogens is 768 g/mol. The number of pyridine rings is 1. The third kappa shape index (κ3) is 14.2. The molecule has 0 unspecified atom stereocenters. The number of nitrogens with zero attached hydrogens (tertiary/aromatic N) is 5. The molecule has 3 aromatic carbocycles. The zero-order valence-corrected chi connectivity index (χ0v) is 34.8. The van der Waals surface area contributed by atoms with Gasteiger partial charge in [-0.25, -0.2) is 0 Å². The summed E-state index contributed by atoms with van der Waals surface area (Å²) in [6.07, 6.45) is 0. The van der Waals surface area contributed by atoms with Crippen LogP contribution >= 0.6 is 7.92 Å². The standard InChI is InChI=1S/C25H37N5.C18H15P.BF4.Cu/c1-16(2)22-12-24(18(5)6)29(27-22)14-20-10-9-11-21(26-20)15-30-25(19(7)8)13-23(28-30)17(3)4;1-4-10-16(11-5-1)19(17-12-6-2-7-13-17)18-14-8-3-9-15-18;2-1(3,4)5;/h9-13,16-19H,14-15H2,1-8H3;1-15H;;/q;;-1;+1/p+1. The van der Waals surface area contributed by atoms with Crippen LogP contribution in [0.25, 0.3) is 0 Å². The van der Waals surface area contributed by atoms with Crippen LogP contribution in [0.4, 0.5) is 17.3 Å². The Balaban J connectivity index is 0.000000277. The average molecular weight is 821 g/mol. The number of rotatable bonds is 11. The second-order valence-electron chi connectivity index (χ2n) is 14.5. The summed E-state index contributed by atoms with van der Waals surface area (Å²) in [5.74, 6) is 1.71. The quantitative estimate of drug-likeness (QED) is 0.0743. The van der Waals surface area contributed by atoms with Crippen LogP contribution in [0.1, 0.15) is 113 Å². The van der Waals surface area contributed by atoms with Crippen molar-refractivity contribution in [2.45, 2.75) is 92.2 Å². The Hall–Kier alpha value is -4.04. The van der Waals surface area contributed by atoms with Crippen LogP contribution in [0, 0.1) is 0 Å². The molecule has 0 saturated heterocycles. The smallest absolute Gasteiger partial charge is 0.418 e. The minimum absolute atomic E-state index is 0. The number of halogens is 4. The molecule has 0 N–H and O–H groups in total. The molecule has 6 aromatic rings. The molecule has 0 bridgehead atoms. The van der Waals surface area contributed by atoms with Crippen molar-refractivity contribution in [1.29, 1.82) is 0 Å². The molecule has 6 rings (SSSR count). The van der Waals surface area contributed by atoms with Crippen LogP contribution in [0.5, 0.6) is 0 Å². The molecule has 0 spiro atoms. The summed E-state index contributed by atoms with van der Waals surface area (Å²) < 4.78 is 43.2. The summed E-state index contributed by atoms with van der Waals surface area (Å²) in [6.45, 7) is 19.0. The Morgan fingerprint density at radius 1 is 0.491 bits per heavy atom. The van der Waals surface area contributed by atoms with Crippen LogP contribution in [-0.2, 0) is 30.2 Å². The molecule has 0 atom stereocenters. The van der Waals surface area contributed by atoms with E-state index in [4.69, 9.17) is 15.2 Å². The summed E-state index contributed by atoms with van der Waals surface area (Å²) in [7, 11) is -6.88. The van der Waals surface area contributed by atoms with E-state index in [-0.39, 0.29) is 17.1 Å². The second kappa shape index (κ2) is 21.3. The molecule has 0 aliphatic rings. The fraction of sp³-hybridized carbons (Fsp3) is 0.326. The van der Waals surface area contributed by atoms with Gasteiger partial charge in [-0.3, -0.25) is 14.3 Å². The van der Waals surface area contributed by atoms with E-state index in [1.54, 1.807) is 0 Å². The number of hydrogen-bond donors (Lipinski definition) is 0. The van der Waals surface area contributed by atoms with Crippen LogP contribution < -0.4 is 15.9 Å². The molecule has 3 aromatic heterocycles. The zero-order chi connectivity index (χ0) is 39.4. The minimum Gasteiger partial charge on any atom is -0.418 e. The van der Waals surface area contributed by atoms with Gasteiger partial charge in [-0.2, -0.15) is 10.2 Å². The minimum atomic E-state index is -6.00. The predicted octanol–water partition coefficient (Wildman–Crippen LogP) is 10.5. The summed E-state index contributed by atoms with van der Waals surface area (Å²) in [6, 6.07) is 43.3. The van der Waals surface area contributed by atoms with Crippen molar-refractivity contribution in [3.05, 3.63) is 155 Å². The maximum atomic E-state index is 9.75. The van der Waals surface area contributed by atoms with E-state index >= 15 is 0 Å². The van der Waals surface area contributed by atoms with E-state index in [9.17, 15) is 17.3 Å². The molecule has 12 heteroatoms. The first kappa shape index (κ1) is 45.4. The molecular formula is C43H53BCuF4N5P+. The van der Waals surface area contributed by atoms with Crippen LogP contribution in [0.2, 0.25) is 0 Å². The summed E-state index contributed by atoms with van der Waals surface area (Å²) in [4.78, 5) is 4.95. The average Bonchev–Trinajstić information content (AvgIpc) is 3.75. The van der Waals surface area contributed by atoms with Gasteiger partial charge in [-0.05, 0) is 84.3 Å². The fourth-order valence-corrected chi connectivity index (χ4v) is 8.56. The fourth-order valence-electron chi connectivity index (χ4n) is 5.98.